The lowest BCUT2D eigenvalue weighted by molar-refractivity contribution is 0.398. The molecule has 0 aromatic heterocycles. The fourth-order valence-electron chi connectivity index (χ4n) is 2.53. The van der Waals surface area contributed by atoms with Gasteiger partial charge in [-0.15, -0.1) is 0 Å². The molecule has 1 unspecified atom stereocenters. The Bertz CT molecular complexity index is 628. The van der Waals surface area contributed by atoms with Crippen molar-refractivity contribution in [1.29, 1.82) is 0 Å². The molecule has 112 valence electrons. The molecule has 21 heavy (non-hydrogen) atoms. The van der Waals surface area contributed by atoms with Gasteiger partial charge in [0.2, 0.25) is 0 Å². The quantitative estimate of drug-likeness (QED) is 0.914. The van der Waals surface area contributed by atoms with Gasteiger partial charge in [0.05, 0.1) is 25.8 Å². The van der Waals surface area contributed by atoms with Gasteiger partial charge >= 0.3 is 0 Å². The monoisotopic (exact) mass is 289 g/mol. The third-order valence-electron chi connectivity index (χ3n) is 3.60. The highest BCUT2D eigenvalue weighted by Crippen LogP contribution is 2.34. The van der Waals surface area contributed by atoms with Gasteiger partial charge in [-0.05, 0) is 49.4 Å². The summed E-state index contributed by atoms with van der Waals surface area (Å²) in [4.78, 5) is 0. The first-order valence-corrected chi connectivity index (χ1v) is 6.76. The van der Waals surface area contributed by atoms with Crippen molar-refractivity contribution in [2.75, 3.05) is 21.3 Å². The van der Waals surface area contributed by atoms with E-state index in [1.807, 2.05) is 25.1 Å². The Kier molecular flexibility index (Phi) is 4.81. The predicted octanol–water partition coefficient (Wildman–Crippen LogP) is 3.46. The molecule has 0 bridgehead atoms. The molecule has 0 fully saturated rings. The van der Waals surface area contributed by atoms with Gasteiger partial charge in [-0.25, -0.2) is 4.39 Å². The first-order chi connectivity index (χ1) is 10.1. The van der Waals surface area contributed by atoms with Crippen molar-refractivity contribution in [1.82, 2.24) is 5.32 Å². The molecule has 2 aromatic carbocycles. The van der Waals surface area contributed by atoms with Gasteiger partial charge in [0.15, 0.2) is 0 Å². The number of benzene rings is 2. The zero-order chi connectivity index (χ0) is 15.4. The molecule has 0 heterocycles. The highest BCUT2D eigenvalue weighted by Gasteiger charge is 2.22. The zero-order valence-electron chi connectivity index (χ0n) is 12.7. The van der Waals surface area contributed by atoms with Crippen LogP contribution in [0, 0.1) is 12.7 Å². The van der Waals surface area contributed by atoms with Gasteiger partial charge < -0.3 is 14.8 Å². The Labute approximate surface area is 124 Å². The van der Waals surface area contributed by atoms with E-state index in [1.165, 1.54) is 6.07 Å². The molecule has 0 saturated heterocycles. The van der Waals surface area contributed by atoms with Gasteiger partial charge in [0, 0.05) is 0 Å². The lowest BCUT2D eigenvalue weighted by atomic mass is 9.94. The summed E-state index contributed by atoms with van der Waals surface area (Å²) in [5.41, 5.74) is 2.52. The second-order valence-electron chi connectivity index (χ2n) is 4.80. The number of hydrogen-bond donors (Lipinski definition) is 1. The van der Waals surface area contributed by atoms with Gasteiger partial charge in [-0.1, -0.05) is 12.1 Å². The van der Waals surface area contributed by atoms with Crippen LogP contribution in [0.4, 0.5) is 4.39 Å². The lowest BCUT2D eigenvalue weighted by Crippen LogP contribution is -2.20. The van der Waals surface area contributed by atoms with Crippen molar-refractivity contribution in [3.8, 4) is 11.5 Å². The molecule has 0 saturated carbocycles. The van der Waals surface area contributed by atoms with Crippen LogP contribution in [0.5, 0.6) is 11.5 Å². The average molecular weight is 289 g/mol. The molecule has 0 aliphatic rings. The van der Waals surface area contributed by atoms with E-state index >= 15 is 0 Å². The molecular weight excluding hydrogens is 269 g/mol. The third-order valence-corrected chi connectivity index (χ3v) is 3.60. The van der Waals surface area contributed by atoms with E-state index in [1.54, 1.807) is 33.4 Å². The van der Waals surface area contributed by atoms with Crippen molar-refractivity contribution in [3.63, 3.8) is 0 Å². The van der Waals surface area contributed by atoms with Crippen LogP contribution in [-0.4, -0.2) is 21.3 Å². The molecule has 0 amide bonds. The molecular formula is C17H20FNO2. The molecule has 0 aliphatic heterocycles. The Morgan fingerprint density at radius 2 is 1.86 bits per heavy atom. The van der Waals surface area contributed by atoms with E-state index in [0.29, 0.717) is 11.3 Å². The van der Waals surface area contributed by atoms with Gasteiger partial charge in [0.1, 0.15) is 17.3 Å². The van der Waals surface area contributed by atoms with E-state index in [9.17, 15) is 4.39 Å². The van der Waals surface area contributed by atoms with Crippen LogP contribution in [-0.2, 0) is 0 Å². The molecule has 1 atom stereocenters. The van der Waals surface area contributed by atoms with Crippen LogP contribution in [0.25, 0.3) is 0 Å². The normalized spacial score (nSPS) is 12.0. The van der Waals surface area contributed by atoms with Crippen LogP contribution in [0.3, 0.4) is 0 Å². The van der Waals surface area contributed by atoms with Crippen LogP contribution >= 0.6 is 0 Å². The van der Waals surface area contributed by atoms with Crippen LogP contribution < -0.4 is 14.8 Å². The van der Waals surface area contributed by atoms with Crippen LogP contribution in [0.2, 0.25) is 0 Å². The van der Waals surface area contributed by atoms with Gasteiger partial charge in [-0.3, -0.25) is 0 Å². The number of halogens is 1. The Morgan fingerprint density at radius 3 is 2.43 bits per heavy atom. The van der Waals surface area contributed by atoms with E-state index in [2.05, 4.69) is 5.32 Å². The minimum absolute atomic E-state index is 0.285. The second kappa shape index (κ2) is 6.59. The smallest absolute Gasteiger partial charge is 0.132 e. The van der Waals surface area contributed by atoms with E-state index < -0.39 is 0 Å². The minimum Gasteiger partial charge on any atom is -0.497 e. The van der Waals surface area contributed by atoms with Crippen molar-refractivity contribution in [2.24, 2.45) is 0 Å². The Morgan fingerprint density at radius 1 is 1.10 bits per heavy atom. The van der Waals surface area contributed by atoms with E-state index in [-0.39, 0.29) is 11.9 Å². The van der Waals surface area contributed by atoms with Crippen molar-refractivity contribution < 1.29 is 13.9 Å². The van der Waals surface area contributed by atoms with Crippen molar-refractivity contribution in [2.45, 2.75) is 13.0 Å². The van der Waals surface area contributed by atoms with E-state index in [0.717, 1.165) is 16.9 Å². The zero-order valence-corrected chi connectivity index (χ0v) is 12.7. The predicted molar refractivity (Wildman–Crippen MR) is 81.6 cm³/mol. The lowest BCUT2D eigenvalue weighted by Gasteiger charge is -2.22. The number of rotatable bonds is 5. The number of nitrogens with one attached hydrogen (secondary N) is 1. The molecule has 1 N–H and O–H groups in total. The summed E-state index contributed by atoms with van der Waals surface area (Å²) in [6, 6.07) is 10.3. The Hall–Kier alpha value is -2.07. The largest absolute Gasteiger partial charge is 0.497 e. The second-order valence-corrected chi connectivity index (χ2v) is 4.80. The maximum atomic E-state index is 14.3. The maximum Gasteiger partial charge on any atom is 0.132 e. The first-order valence-electron chi connectivity index (χ1n) is 6.76. The molecule has 2 aromatic rings. The van der Waals surface area contributed by atoms with Crippen LogP contribution in [0.1, 0.15) is 22.7 Å². The number of hydrogen-bond acceptors (Lipinski definition) is 3. The summed E-state index contributed by atoms with van der Waals surface area (Å²) < 4.78 is 24.8. The topological polar surface area (TPSA) is 30.5 Å². The SMILES string of the molecule is CNC(c1ccc(OC)cc1C)c1c(F)cccc1OC. The molecule has 3 nitrogen and oxygen atoms in total. The molecule has 0 radical (unpaired) electrons. The summed E-state index contributed by atoms with van der Waals surface area (Å²) in [6.45, 7) is 1.98. The molecule has 2 rings (SSSR count). The minimum atomic E-state index is -0.288. The number of methoxy groups -OCH3 is 2. The fourth-order valence-corrected chi connectivity index (χ4v) is 2.53. The highest BCUT2D eigenvalue weighted by atomic mass is 19.1. The number of ether oxygens (including phenoxy) is 2. The highest BCUT2D eigenvalue weighted by molar-refractivity contribution is 5.46. The van der Waals surface area contributed by atoms with Gasteiger partial charge in [-0.2, -0.15) is 0 Å². The Balaban J connectivity index is 2.55. The summed E-state index contributed by atoms with van der Waals surface area (Å²) >= 11 is 0. The summed E-state index contributed by atoms with van der Waals surface area (Å²) in [5.74, 6) is 1.03. The summed E-state index contributed by atoms with van der Waals surface area (Å²) in [6.07, 6.45) is 0. The van der Waals surface area contributed by atoms with Crippen molar-refractivity contribution in [3.05, 3.63) is 58.9 Å². The maximum absolute atomic E-state index is 14.3. The first kappa shape index (κ1) is 15.3. The molecule has 0 spiro atoms. The molecule has 4 heteroatoms. The summed E-state index contributed by atoms with van der Waals surface area (Å²) in [7, 11) is 4.98. The van der Waals surface area contributed by atoms with Crippen molar-refractivity contribution >= 4 is 0 Å². The standard InChI is InChI=1S/C17H20FNO2/c1-11-10-12(20-3)8-9-13(11)17(19-2)16-14(18)6-5-7-15(16)21-4/h5-10,17,19H,1-4H3. The average Bonchev–Trinajstić information content (AvgIpc) is 2.50. The summed E-state index contributed by atoms with van der Waals surface area (Å²) in [5, 5.41) is 3.17. The third kappa shape index (κ3) is 3.00. The fraction of sp³-hybridized carbons (Fsp3) is 0.294. The van der Waals surface area contributed by atoms with Crippen LogP contribution in [0.15, 0.2) is 36.4 Å². The van der Waals surface area contributed by atoms with Gasteiger partial charge in [0.25, 0.3) is 0 Å². The number of aryl methyl sites for hydroxylation is 1. The molecule has 0 aliphatic carbocycles. The van der Waals surface area contributed by atoms with E-state index in [4.69, 9.17) is 9.47 Å².